The molecule has 0 bridgehead atoms. The van der Waals surface area contributed by atoms with Gasteiger partial charge in [-0.25, -0.2) is 0 Å². The van der Waals surface area contributed by atoms with Crippen molar-refractivity contribution in [3.8, 4) is 0 Å². The van der Waals surface area contributed by atoms with E-state index in [1.165, 1.54) is 7.11 Å². The highest BCUT2D eigenvalue weighted by atomic mass is 17.0. The molecular weight excluding hydrogens is 112 g/mol. The standard InChI is InChI=1S/C4H8O4/c1-6-4(5)7-2-3-8-4/h5H,2-3H2,1H3. The Kier molecular flexibility index (Phi) is 1.48. The third-order valence-corrected chi connectivity index (χ3v) is 0.910. The highest BCUT2D eigenvalue weighted by Gasteiger charge is 2.33. The molecule has 4 heteroatoms. The van der Waals surface area contributed by atoms with Crippen molar-refractivity contribution in [1.29, 1.82) is 0 Å². The molecule has 0 unspecified atom stereocenters. The fourth-order valence-corrected chi connectivity index (χ4v) is 0.501. The Labute approximate surface area is 47.0 Å². The second kappa shape index (κ2) is 1.99. The van der Waals surface area contributed by atoms with Gasteiger partial charge >= 0.3 is 6.16 Å². The fraction of sp³-hybridized carbons (Fsp3) is 1.00. The van der Waals surface area contributed by atoms with Gasteiger partial charge in [-0.1, -0.05) is 0 Å². The Bertz CT molecular complexity index is 76.1. The molecule has 0 aromatic heterocycles. The molecule has 0 aliphatic carbocycles. The van der Waals surface area contributed by atoms with Crippen LogP contribution < -0.4 is 0 Å². The molecule has 0 radical (unpaired) electrons. The van der Waals surface area contributed by atoms with Gasteiger partial charge in [0.2, 0.25) is 0 Å². The molecule has 0 amide bonds. The van der Waals surface area contributed by atoms with Gasteiger partial charge in [0.25, 0.3) is 0 Å². The summed E-state index contributed by atoms with van der Waals surface area (Å²) in [7, 11) is 1.31. The van der Waals surface area contributed by atoms with Crippen LogP contribution in [-0.2, 0) is 14.2 Å². The van der Waals surface area contributed by atoms with E-state index in [1.54, 1.807) is 0 Å². The summed E-state index contributed by atoms with van der Waals surface area (Å²) < 4.78 is 13.6. The van der Waals surface area contributed by atoms with Gasteiger partial charge in [-0.15, -0.1) is 0 Å². The van der Waals surface area contributed by atoms with Crippen LogP contribution >= 0.6 is 0 Å². The predicted molar refractivity (Wildman–Crippen MR) is 23.9 cm³/mol. The first-order chi connectivity index (χ1) is 3.77. The Morgan fingerprint density at radius 2 is 2.00 bits per heavy atom. The van der Waals surface area contributed by atoms with Crippen molar-refractivity contribution in [3.63, 3.8) is 0 Å². The summed E-state index contributed by atoms with van der Waals surface area (Å²) in [5.74, 6) is 0. The minimum Gasteiger partial charge on any atom is -0.319 e. The molecule has 8 heavy (non-hydrogen) atoms. The van der Waals surface area contributed by atoms with E-state index < -0.39 is 6.16 Å². The summed E-state index contributed by atoms with van der Waals surface area (Å²) in [5, 5.41) is 8.83. The third-order valence-electron chi connectivity index (χ3n) is 0.910. The van der Waals surface area contributed by atoms with Gasteiger partial charge < -0.3 is 19.3 Å². The van der Waals surface area contributed by atoms with Crippen LogP contribution in [0.3, 0.4) is 0 Å². The van der Waals surface area contributed by atoms with E-state index in [4.69, 9.17) is 5.11 Å². The Morgan fingerprint density at radius 1 is 1.50 bits per heavy atom. The fourth-order valence-electron chi connectivity index (χ4n) is 0.501. The smallest absolute Gasteiger partial charge is 0.319 e. The summed E-state index contributed by atoms with van der Waals surface area (Å²) in [5.41, 5.74) is 0. The second-order valence-electron chi connectivity index (χ2n) is 1.42. The Hall–Kier alpha value is -0.160. The molecule has 0 aromatic carbocycles. The first kappa shape index (κ1) is 5.97. The zero-order valence-electron chi connectivity index (χ0n) is 4.59. The van der Waals surface area contributed by atoms with Crippen LogP contribution in [0.4, 0.5) is 0 Å². The topological polar surface area (TPSA) is 47.9 Å². The van der Waals surface area contributed by atoms with Gasteiger partial charge in [0.05, 0.1) is 13.2 Å². The van der Waals surface area contributed by atoms with Crippen LogP contribution in [0.25, 0.3) is 0 Å². The molecule has 4 nitrogen and oxygen atoms in total. The normalized spacial score (nSPS) is 26.2. The largest absolute Gasteiger partial charge is 0.410 e. The number of hydrogen-bond acceptors (Lipinski definition) is 4. The number of hydrogen-bond donors (Lipinski definition) is 1. The molecule has 1 rings (SSSR count). The first-order valence-electron chi connectivity index (χ1n) is 2.32. The van der Waals surface area contributed by atoms with E-state index in [2.05, 4.69) is 14.2 Å². The van der Waals surface area contributed by atoms with Crippen molar-refractivity contribution < 1.29 is 19.3 Å². The average molecular weight is 120 g/mol. The predicted octanol–water partition coefficient (Wildman–Crippen LogP) is -0.717. The van der Waals surface area contributed by atoms with Gasteiger partial charge in [0.1, 0.15) is 0 Å². The van der Waals surface area contributed by atoms with Gasteiger partial charge in [-0.05, 0) is 0 Å². The van der Waals surface area contributed by atoms with Crippen molar-refractivity contribution in [3.05, 3.63) is 0 Å². The van der Waals surface area contributed by atoms with Crippen LogP contribution in [0.5, 0.6) is 0 Å². The lowest BCUT2D eigenvalue weighted by atomic mass is 10.8. The van der Waals surface area contributed by atoms with Crippen molar-refractivity contribution in [2.75, 3.05) is 20.3 Å². The minimum atomic E-state index is -1.76. The quantitative estimate of drug-likeness (QED) is 0.464. The third kappa shape index (κ3) is 0.976. The lowest BCUT2D eigenvalue weighted by molar-refractivity contribution is -0.438. The molecular formula is C4H8O4. The molecule has 48 valence electrons. The maximum Gasteiger partial charge on any atom is 0.410 e. The van der Waals surface area contributed by atoms with Gasteiger partial charge in [0, 0.05) is 7.11 Å². The number of aliphatic hydroxyl groups is 1. The Morgan fingerprint density at radius 3 is 2.25 bits per heavy atom. The lowest BCUT2D eigenvalue weighted by Gasteiger charge is -2.15. The molecule has 0 saturated carbocycles. The van der Waals surface area contributed by atoms with E-state index in [-0.39, 0.29) is 0 Å². The van der Waals surface area contributed by atoms with Gasteiger partial charge in [-0.2, -0.15) is 0 Å². The summed E-state index contributed by atoms with van der Waals surface area (Å²) in [6.45, 7) is 0.759. The maximum atomic E-state index is 8.83. The summed E-state index contributed by atoms with van der Waals surface area (Å²) in [6, 6.07) is 0. The highest BCUT2D eigenvalue weighted by Crippen LogP contribution is 2.14. The van der Waals surface area contributed by atoms with Crippen molar-refractivity contribution in [1.82, 2.24) is 0 Å². The van der Waals surface area contributed by atoms with E-state index in [0.29, 0.717) is 13.2 Å². The van der Waals surface area contributed by atoms with Gasteiger partial charge in [0.15, 0.2) is 0 Å². The number of ether oxygens (including phenoxy) is 3. The highest BCUT2D eigenvalue weighted by molar-refractivity contribution is 4.44. The van der Waals surface area contributed by atoms with Crippen LogP contribution in [-0.4, -0.2) is 31.6 Å². The van der Waals surface area contributed by atoms with Crippen LogP contribution in [0.2, 0.25) is 0 Å². The average Bonchev–Trinajstić information content (AvgIpc) is 2.17. The number of rotatable bonds is 1. The Balaban J connectivity index is 2.40. The van der Waals surface area contributed by atoms with E-state index >= 15 is 0 Å². The molecule has 1 heterocycles. The molecule has 0 aromatic rings. The molecule has 1 fully saturated rings. The zero-order chi connectivity index (χ0) is 6.04. The SMILES string of the molecule is COC1(O)OCCO1. The van der Waals surface area contributed by atoms with Crippen LogP contribution in [0.1, 0.15) is 0 Å². The van der Waals surface area contributed by atoms with Crippen molar-refractivity contribution in [2.45, 2.75) is 6.16 Å². The summed E-state index contributed by atoms with van der Waals surface area (Å²) in [6.07, 6.45) is -1.76. The van der Waals surface area contributed by atoms with Gasteiger partial charge in [-0.3, -0.25) is 0 Å². The minimum absolute atomic E-state index is 0.379. The van der Waals surface area contributed by atoms with E-state index in [0.717, 1.165) is 0 Å². The summed E-state index contributed by atoms with van der Waals surface area (Å²) in [4.78, 5) is 0. The lowest BCUT2D eigenvalue weighted by Crippen LogP contribution is -2.31. The molecule has 1 aliphatic heterocycles. The number of methoxy groups -OCH3 is 1. The van der Waals surface area contributed by atoms with Crippen molar-refractivity contribution in [2.24, 2.45) is 0 Å². The first-order valence-corrected chi connectivity index (χ1v) is 2.32. The molecule has 1 N–H and O–H groups in total. The maximum absolute atomic E-state index is 8.83. The van der Waals surface area contributed by atoms with Crippen LogP contribution in [0, 0.1) is 0 Å². The molecule has 1 aliphatic rings. The zero-order valence-corrected chi connectivity index (χ0v) is 4.59. The van der Waals surface area contributed by atoms with E-state index in [9.17, 15) is 0 Å². The van der Waals surface area contributed by atoms with E-state index in [1.807, 2.05) is 0 Å². The molecule has 0 spiro atoms. The van der Waals surface area contributed by atoms with Crippen LogP contribution in [0.15, 0.2) is 0 Å². The molecule has 1 saturated heterocycles. The van der Waals surface area contributed by atoms with Crippen molar-refractivity contribution >= 4 is 0 Å². The molecule has 0 atom stereocenters. The monoisotopic (exact) mass is 120 g/mol. The summed E-state index contributed by atoms with van der Waals surface area (Å²) >= 11 is 0. The second-order valence-corrected chi connectivity index (χ2v) is 1.42.